The Balaban J connectivity index is 1.50. The van der Waals surface area contributed by atoms with E-state index in [1.54, 1.807) is 12.1 Å². The van der Waals surface area contributed by atoms with Crippen LogP contribution in [0.15, 0.2) is 36.4 Å². The molecule has 0 saturated carbocycles. The molecule has 1 atom stereocenters. The van der Waals surface area contributed by atoms with Crippen molar-refractivity contribution in [2.75, 3.05) is 20.2 Å². The molecule has 2 heterocycles. The van der Waals surface area contributed by atoms with Gasteiger partial charge in [0.25, 0.3) is 5.91 Å². The molecule has 0 fully saturated rings. The maximum absolute atomic E-state index is 13.8. The summed E-state index contributed by atoms with van der Waals surface area (Å²) in [7, 11) is 1.48. The quantitative estimate of drug-likeness (QED) is 0.496. The molecule has 1 aliphatic rings. The second kappa shape index (κ2) is 11.2. The highest BCUT2D eigenvalue weighted by molar-refractivity contribution is 5.94. The minimum Gasteiger partial charge on any atom is -0.494 e. The number of hydrogen-bond acceptors (Lipinski definition) is 5. The van der Waals surface area contributed by atoms with Crippen LogP contribution in [0.3, 0.4) is 0 Å². The summed E-state index contributed by atoms with van der Waals surface area (Å²) < 4.78 is 21.1. The fraction of sp³-hybridized carbons (Fsp3) is 0.464. The Morgan fingerprint density at radius 2 is 1.83 bits per heavy atom. The van der Waals surface area contributed by atoms with Gasteiger partial charge in [-0.05, 0) is 56.0 Å². The summed E-state index contributed by atoms with van der Waals surface area (Å²) in [5.41, 5.74) is 3.80. The van der Waals surface area contributed by atoms with Crippen molar-refractivity contribution >= 4 is 5.91 Å². The van der Waals surface area contributed by atoms with E-state index in [4.69, 9.17) is 4.74 Å². The number of rotatable bonds is 8. The van der Waals surface area contributed by atoms with Gasteiger partial charge in [-0.3, -0.25) is 9.69 Å². The van der Waals surface area contributed by atoms with Crippen LogP contribution < -0.4 is 10.1 Å². The molecular weight excluding hydrogens is 457 g/mol. The van der Waals surface area contributed by atoms with Crippen molar-refractivity contribution < 1.29 is 13.9 Å². The van der Waals surface area contributed by atoms with Crippen LogP contribution in [0.2, 0.25) is 0 Å². The molecule has 1 aliphatic heterocycles. The largest absolute Gasteiger partial charge is 0.494 e. The lowest BCUT2D eigenvalue weighted by molar-refractivity contribution is 0.0928. The van der Waals surface area contributed by atoms with Crippen LogP contribution in [0.1, 0.15) is 65.0 Å². The minimum atomic E-state index is -0.355. The molecule has 36 heavy (non-hydrogen) atoms. The Morgan fingerprint density at radius 3 is 2.53 bits per heavy atom. The van der Waals surface area contributed by atoms with E-state index in [-0.39, 0.29) is 23.5 Å². The number of benzene rings is 2. The Kier molecular flexibility index (Phi) is 8.04. The van der Waals surface area contributed by atoms with Gasteiger partial charge in [-0.25, -0.2) is 4.39 Å². The lowest BCUT2D eigenvalue weighted by Crippen LogP contribution is -2.32. The molecule has 192 valence electrons. The second-order valence-corrected chi connectivity index (χ2v) is 10.2. The number of methoxy groups -OCH3 is 1. The number of amides is 1. The molecule has 0 saturated heterocycles. The summed E-state index contributed by atoms with van der Waals surface area (Å²) >= 11 is 0. The number of hydrogen-bond donors (Lipinski definition) is 1. The highest BCUT2D eigenvalue weighted by atomic mass is 19.1. The number of carbonyl (C=O) groups excluding carboxylic acids is 1. The normalized spacial score (nSPS) is 14.9. The summed E-state index contributed by atoms with van der Waals surface area (Å²) in [6.07, 6.45) is 1.53. The van der Waals surface area contributed by atoms with Gasteiger partial charge in [0.15, 0.2) is 17.4 Å². The Labute approximate surface area is 212 Å². The zero-order chi connectivity index (χ0) is 25.8. The van der Waals surface area contributed by atoms with Crippen molar-refractivity contribution in [3.05, 3.63) is 76.1 Å². The molecule has 7 nitrogen and oxygen atoms in total. The van der Waals surface area contributed by atoms with Crippen molar-refractivity contribution in [3.63, 3.8) is 0 Å². The molecule has 2 aromatic carbocycles. The van der Waals surface area contributed by atoms with E-state index in [0.717, 1.165) is 60.8 Å². The number of nitrogens with one attached hydrogen (secondary N) is 1. The zero-order valence-electron chi connectivity index (χ0n) is 21.8. The van der Waals surface area contributed by atoms with E-state index in [9.17, 15) is 9.18 Å². The number of halogens is 1. The van der Waals surface area contributed by atoms with Gasteiger partial charge < -0.3 is 14.6 Å². The first kappa shape index (κ1) is 25.8. The first-order chi connectivity index (χ1) is 17.2. The fourth-order valence-corrected chi connectivity index (χ4v) is 4.91. The van der Waals surface area contributed by atoms with E-state index in [1.807, 2.05) is 26.0 Å². The number of ether oxygens (including phenoxy) is 1. The third-order valence-corrected chi connectivity index (χ3v) is 6.58. The van der Waals surface area contributed by atoms with Crippen LogP contribution in [0.5, 0.6) is 5.75 Å². The SMILES string of the molecule is COc1cc(CN2CCc3nnc([C@@H](CC(C)C)NC(=O)c4cc(C)cc(C)c4)n3CC2)ccc1F. The Bertz CT molecular complexity index is 1200. The maximum atomic E-state index is 13.8. The number of aryl methyl sites for hydroxylation is 2. The van der Waals surface area contributed by atoms with Gasteiger partial charge in [0.05, 0.1) is 13.2 Å². The monoisotopic (exact) mass is 493 g/mol. The smallest absolute Gasteiger partial charge is 0.251 e. The van der Waals surface area contributed by atoms with Crippen LogP contribution in [-0.2, 0) is 19.5 Å². The summed E-state index contributed by atoms with van der Waals surface area (Å²) in [5.74, 6) is 1.92. The first-order valence-corrected chi connectivity index (χ1v) is 12.6. The van der Waals surface area contributed by atoms with Gasteiger partial charge in [-0.15, -0.1) is 10.2 Å². The van der Waals surface area contributed by atoms with Gasteiger partial charge in [-0.2, -0.15) is 0 Å². The van der Waals surface area contributed by atoms with Crippen LogP contribution in [-0.4, -0.2) is 45.8 Å². The van der Waals surface area contributed by atoms with Crippen LogP contribution in [0.25, 0.3) is 0 Å². The van der Waals surface area contributed by atoms with Crippen molar-refractivity contribution in [2.45, 2.75) is 59.7 Å². The predicted molar refractivity (Wildman–Crippen MR) is 138 cm³/mol. The van der Waals surface area contributed by atoms with Crippen LogP contribution in [0, 0.1) is 25.6 Å². The molecule has 0 bridgehead atoms. The van der Waals surface area contributed by atoms with Crippen molar-refractivity contribution in [2.24, 2.45) is 5.92 Å². The Hall–Kier alpha value is -3.26. The highest BCUT2D eigenvalue weighted by Gasteiger charge is 2.26. The van der Waals surface area contributed by atoms with E-state index in [2.05, 4.69) is 44.9 Å². The average Bonchev–Trinajstić information content (AvgIpc) is 3.13. The summed E-state index contributed by atoms with van der Waals surface area (Å²) in [4.78, 5) is 15.5. The van der Waals surface area contributed by atoms with E-state index in [1.165, 1.54) is 13.2 Å². The molecule has 3 aromatic rings. The minimum absolute atomic E-state index is 0.0923. The topological polar surface area (TPSA) is 72.3 Å². The summed E-state index contributed by atoms with van der Waals surface area (Å²) in [6.45, 7) is 11.3. The van der Waals surface area contributed by atoms with Crippen molar-refractivity contribution in [1.29, 1.82) is 0 Å². The molecule has 1 N–H and O–H groups in total. The number of aromatic nitrogens is 3. The van der Waals surface area contributed by atoms with Gasteiger partial charge in [0.2, 0.25) is 0 Å². The third-order valence-electron chi connectivity index (χ3n) is 6.58. The van der Waals surface area contributed by atoms with Gasteiger partial charge in [0.1, 0.15) is 5.82 Å². The van der Waals surface area contributed by atoms with Gasteiger partial charge in [-0.1, -0.05) is 37.1 Å². The molecule has 1 amide bonds. The molecule has 4 rings (SSSR count). The number of fused-ring (bicyclic) bond motifs is 1. The molecule has 0 radical (unpaired) electrons. The zero-order valence-corrected chi connectivity index (χ0v) is 21.8. The maximum Gasteiger partial charge on any atom is 0.251 e. The summed E-state index contributed by atoms with van der Waals surface area (Å²) in [6, 6.07) is 10.7. The molecule has 0 spiro atoms. The lowest BCUT2D eigenvalue weighted by atomic mass is 10.0. The van der Waals surface area contributed by atoms with Crippen molar-refractivity contribution in [1.82, 2.24) is 25.0 Å². The highest BCUT2D eigenvalue weighted by Crippen LogP contribution is 2.24. The average molecular weight is 494 g/mol. The fourth-order valence-electron chi connectivity index (χ4n) is 4.91. The van der Waals surface area contributed by atoms with E-state index in [0.29, 0.717) is 18.0 Å². The number of nitrogens with zero attached hydrogens (tertiary/aromatic N) is 4. The second-order valence-electron chi connectivity index (χ2n) is 10.2. The lowest BCUT2D eigenvalue weighted by Gasteiger charge is -2.22. The molecular formula is C28H36FN5O2. The molecule has 0 aliphatic carbocycles. The first-order valence-electron chi connectivity index (χ1n) is 12.6. The molecule has 1 aromatic heterocycles. The van der Waals surface area contributed by atoms with E-state index >= 15 is 0 Å². The number of carbonyl (C=O) groups is 1. The standard InChI is InChI=1S/C28H36FN5O2/c1-18(2)12-24(30-28(35)22-14-19(3)13-20(4)15-22)27-32-31-26-8-9-33(10-11-34(26)27)17-21-6-7-23(29)25(16-21)36-5/h6-7,13-16,18,24H,8-12,17H2,1-5H3,(H,30,35)/t24-/m1/s1. The van der Waals surface area contributed by atoms with Crippen LogP contribution >= 0.6 is 0 Å². The summed E-state index contributed by atoms with van der Waals surface area (Å²) in [5, 5.41) is 12.3. The Morgan fingerprint density at radius 1 is 1.08 bits per heavy atom. The van der Waals surface area contributed by atoms with Crippen molar-refractivity contribution in [3.8, 4) is 5.75 Å². The molecule has 0 unspecified atom stereocenters. The van der Waals surface area contributed by atoms with Gasteiger partial charge in [0, 0.05) is 38.2 Å². The molecule has 8 heteroatoms. The van der Waals surface area contributed by atoms with E-state index < -0.39 is 0 Å². The van der Waals surface area contributed by atoms with Gasteiger partial charge >= 0.3 is 0 Å². The predicted octanol–water partition coefficient (Wildman–Crippen LogP) is 4.62. The third kappa shape index (κ3) is 6.10. The van der Waals surface area contributed by atoms with Crippen LogP contribution in [0.4, 0.5) is 4.39 Å².